The minimum Gasteiger partial charge on any atom is -0.390 e. The van der Waals surface area contributed by atoms with Crippen LogP contribution < -0.4 is 5.32 Å². The molecular formula is C17H19NO3S. The van der Waals surface area contributed by atoms with Crippen LogP contribution in [-0.4, -0.2) is 37.2 Å². The average Bonchev–Trinajstić information content (AvgIpc) is 2.78. The lowest BCUT2D eigenvalue weighted by atomic mass is 9.97. The molecule has 1 aliphatic heterocycles. The molecule has 3 rings (SSSR count). The number of sulfone groups is 1. The smallest absolute Gasteiger partial charge is 0.154 e. The largest absolute Gasteiger partial charge is 0.390 e. The van der Waals surface area contributed by atoms with E-state index in [2.05, 4.69) is 5.32 Å². The first kappa shape index (κ1) is 15.2. The number of hydrogen-bond donors (Lipinski definition) is 2. The molecule has 1 aliphatic rings. The summed E-state index contributed by atoms with van der Waals surface area (Å²) in [5, 5.41) is 13.4. The Labute approximate surface area is 130 Å². The van der Waals surface area contributed by atoms with Gasteiger partial charge in [0.05, 0.1) is 23.7 Å². The maximum atomic E-state index is 11.7. The number of benzene rings is 2. The fraction of sp³-hybridized carbons (Fsp3) is 0.294. The maximum absolute atomic E-state index is 11.7. The molecular weight excluding hydrogens is 298 g/mol. The highest BCUT2D eigenvalue weighted by molar-refractivity contribution is 7.91. The summed E-state index contributed by atoms with van der Waals surface area (Å²) in [5.74, 6) is -0.189. The molecule has 1 saturated heterocycles. The molecule has 2 atom stereocenters. The van der Waals surface area contributed by atoms with Gasteiger partial charge in [0.25, 0.3) is 0 Å². The number of rotatable bonds is 4. The van der Waals surface area contributed by atoms with Crippen molar-refractivity contribution in [2.45, 2.75) is 18.2 Å². The molecule has 116 valence electrons. The lowest BCUT2D eigenvalue weighted by molar-refractivity contribution is 0.162. The lowest BCUT2D eigenvalue weighted by Gasteiger charge is -2.25. The molecule has 2 N–H and O–H groups in total. The van der Waals surface area contributed by atoms with Gasteiger partial charge < -0.3 is 5.11 Å². The van der Waals surface area contributed by atoms with Crippen LogP contribution in [0.3, 0.4) is 0 Å². The van der Waals surface area contributed by atoms with Crippen LogP contribution in [0.5, 0.6) is 0 Å². The second-order valence-electron chi connectivity index (χ2n) is 5.67. The second kappa shape index (κ2) is 6.20. The van der Waals surface area contributed by atoms with E-state index in [1.54, 1.807) is 0 Å². The third-order valence-corrected chi connectivity index (χ3v) is 5.69. The maximum Gasteiger partial charge on any atom is 0.154 e. The van der Waals surface area contributed by atoms with E-state index in [9.17, 15) is 13.5 Å². The number of aliphatic hydroxyl groups is 1. The van der Waals surface area contributed by atoms with Crippen molar-refractivity contribution in [1.29, 1.82) is 0 Å². The first-order valence-corrected chi connectivity index (χ1v) is 9.12. The van der Waals surface area contributed by atoms with E-state index in [0.717, 1.165) is 11.1 Å². The standard InChI is InChI=1S/C17H19NO3S/c19-16-12-22(20,21)11-15(16)18-17(13-7-3-1-4-8-13)14-9-5-2-6-10-14/h1-10,15-19H,11-12H2/t15-,16+/m0/s1. The van der Waals surface area contributed by atoms with Gasteiger partial charge in [-0.3, -0.25) is 5.32 Å². The summed E-state index contributed by atoms with van der Waals surface area (Å²) in [5.41, 5.74) is 2.09. The predicted molar refractivity (Wildman–Crippen MR) is 86.3 cm³/mol. The minimum absolute atomic E-state index is 0.0235. The number of nitrogens with one attached hydrogen (secondary N) is 1. The Morgan fingerprint density at radius 1 is 0.909 bits per heavy atom. The average molecular weight is 317 g/mol. The normalized spacial score (nSPS) is 23.7. The first-order chi connectivity index (χ1) is 10.6. The fourth-order valence-electron chi connectivity index (χ4n) is 2.88. The summed E-state index contributed by atoms with van der Waals surface area (Å²) >= 11 is 0. The van der Waals surface area contributed by atoms with Gasteiger partial charge in [0.2, 0.25) is 0 Å². The summed E-state index contributed by atoms with van der Waals surface area (Å²) in [6, 6.07) is 19.1. The van der Waals surface area contributed by atoms with Crippen molar-refractivity contribution in [3.8, 4) is 0 Å². The van der Waals surface area contributed by atoms with Crippen LogP contribution in [0.4, 0.5) is 0 Å². The minimum atomic E-state index is -3.17. The number of hydrogen-bond acceptors (Lipinski definition) is 4. The molecule has 2 aromatic carbocycles. The highest BCUT2D eigenvalue weighted by Gasteiger charge is 2.37. The molecule has 0 aliphatic carbocycles. The van der Waals surface area contributed by atoms with Gasteiger partial charge in [0, 0.05) is 6.04 Å². The Morgan fingerprint density at radius 3 is 1.82 bits per heavy atom. The van der Waals surface area contributed by atoms with Crippen LogP contribution in [0, 0.1) is 0 Å². The van der Waals surface area contributed by atoms with Crippen LogP contribution in [0.2, 0.25) is 0 Å². The molecule has 0 radical (unpaired) electrons. The Kier molecular flexibility index (Phi) is 4.29. The highest BCUT2D eigenvalue weighted by Crippen LogP contribution is 2.25. The van der Waals surface area contributed by atoms with Crippen LogP contribution in [0.25, 0.3) is 0 Å². The summed E-state index contributed by atoms with van der Waals surface area (Å²) in [4.78, 5) is 0. The van der Waals surface area contributed by atoms with Crippen LogP contribution in [-0.2, 0) is 9.84 Å². The zero-order valence-electron chi connectivity index (χ0n) is 12.1. The summed E-state index contributed by atoms with van der Waals surface area (Å²) in [7, 11) is -3.17. The topological polar surface area (TPSA) is 66.4 Å². The summed E-state index contributed by atoms with van der Waals surface area (Å²) in [6.45, 7) is 0. The molecule has 22 heavy (non-hydrogen) atoms. The summed E-state index contributed by atoms with van der Waals surface area (Å²) in [6.07, 6.45) is -0.861. The Hall–Kier alpha value is -1.69. The van der Waals surface area contributed by atoms with E-state index < -0.39 is 22.0 Å². The SMILES string of the molecule is O=S1(=O)C[C@@H](O)[C@@H](NC(c2ccccc2)c2ccccc2)C1. The Balaban J connectivity index is 1.90. The van der Waals surface area contributed by atoms with Gasteiger partial charge in [-0.15, -0.1) is 0 Å². The molecule has 1 fully saturated rings. The quantitative estimate of drug-likeness (QED) is 0.897. The van der Waals surface area contributed by atoms with Gasteiger partial charge in [-0.1, -0.05) is 60.7 Å². The number of aliphatic hydroxyl groups excluding tert-OH is 1. The van der Waals surface area contributed by atoms with Crippen molar-refractivity contribution < 1.29 is 13.5 Å². The third kappa shape index (κ3) is 3.38. The van der Waals surface area contributed by atoms with Gasteiger partial charge in [0.1, 0.15) is 0 Å². The Morgan fingerprint density at radius 2 is 1.41 bits per heavy atom. The molecule has 4 nitrogen and oxygen atoms in total. The van der Waals surface area contributed by atoms with E-state index in [1.807, 2.05) is 60.7 Å². The van der Waals surface area contributed by atoms with Crippen molar-refractivity contribution >= 4 is 9.84 Å². The van der Waals surface area contributed by atoms with Gasteiger partial charge in [-0.2, -0.15) is 0 Å². The van der Waals surface area contributed by atoms with Crippen molar-refractivity contribution in [1.82, 2.24) is 5.32 Å². The van der Waals surface area contributed by atoms with E-state index in [1.165, 1.54) is 0 Å². The Bertz CT molecular complexity index is 677. The molecule has 2 aromatic rings. The zero-order valence-corrected chi connectivity index (χ0v) is 12.9. The van der Waals surface area contributed by atoms with Gasteiger partial charge in [-0.25, -0.2) is 8.42 Å². The van der Waals surface area contributed by atoms with E-state index >= 15 is 0 Å². The van der Waals surface area contributed by atoms with Gasteiger partial charge >= 0.3 is 0 Å². The summed E-state index contributed by atoms with van der Waals surface area (Å²) < 4.78 is 23.4. The van der Waals surface area contributed by atoms with E-state index in [0.29, 0.717) is 0 Å². The molecule has 5 heteroatoms. The molecule has 0 saturated carbocycles. The van der Waals surface area contributed by atoms with E-state index in [-0.39, 0.29) is 17.5 Å². The fourth-order valence-corrected chi connectivity index (χ4v) is 4.63. The van der Waals surface area contributed by atoms with Crippen molar-refractivity contribution in [2.75, 3.05) is 11.5 Å². The molecule has 0 aromatic heterocycles. The zero-order chi connectivity index (χ0) is 15.6. The molecule has 0 unspecified atom stereocenters. The van der Waals surface area contributed by atoms with Crippen LogP contribution >= 0.6 is 0 Å². The first-order valence-electron chi connectivity index (χ1n) is 7.29. The lowest BCUT2D eigenvalue weighted by Crippen LogP contribution is -2.41. The van der Waals surface area contributed by atoms with Gasteiger partial charge in [-0.05, 0) is 11.1 Å². The highest BCUT2D eigenvalue weighted by atomic mass is 32.2. The van der Waals surface area contributed by atoms with Crippen LogP contribution in [0.1, 0.15) is 17.2 Å². The van der Waals surface area contributed by atoms with Crippen molar-refractivity contribution in [2.24, 2.45) is 0 Å². The molecule has 0 bridgehead atoms. The van der Waals surface area contributed by atoms with Crippen molar-refractivity contribution in [3.63, 3.8) is 0 Å². The third-order valence-electron chi connectivity index (χ3n) is 3.97. The van der Waals surface area contributed by atoms with Gasteiger partial charge in [0.15, 0.2) is 9.84 Å². The predicted octanol–water partition coefficient (Wildman–Crippen LogP) is 1.52. The molecule has 0 amide bonds. The second-order valence-corrected chi connectivity index (χ2v) is 7.83. The van der Waals surface area contributed by atoms with Crippen molar-refractivity contribution in [3.05, 3.63) is 71.8 Å². The van der Waals surface area contributed by atoms with E-state index in [4.69, 9.17) is 0 Å². The molecule has 0 spiro atoms. The van der Waals surface area contributed by atoms with Crippen LogP contribution in [0.15, 0.2) is 60.7 Å². The molecule has 1 heterocycles. The monoisotopic (exact) mass is 317 g/mol.